The van der Waals surface area contributed by atoms with Crippen LogP contribution in [0.3, 0.4) is 0 Å². The minimum Gasteiger partial charge on any atom is -0.476 e. The molecule has 21 heavy (non-hydrogen) atoms. The molecule has 1 fully saturated rings. The fourth-order valence-electron chi connectivity index (χ4n) is 2.26. The molecule has 1 aromatic rings. The summed E-state index contributed by atoms with van der Waals surface area (Å²) in [5, 5.41) is 22.9. The smallest absolute Gasteiger partial charge is 0.355 e. The molecule has 2 amide bonds. The molecule has 0 bridgehead atoms. The summed E-state index contributed by atoms with van der Waals surface area (Å²) in [6, 6.07) is -0.569. The third-order valence-electron chi connectivity index (χ3n) is 3.54. The first-order valence-corrected chi connectivity index (χ1v) is 7.63. The molecule has 1 saturated carbocycles. The summed E-state index contributed by atoms with van der Waals surface area (Å²) in [6.07, 6.45) is 1.25. The van der Waals surface area contributed by atoms with Gasteiger partial charge < -0.3 is 20.4 Å². The van der Waals surface area contributed by atoms with Gasteiger partial charge in [0, 0.05) is 19.0 Å². The Balaban J connectivity index is 1.84. The van der Waals surface area contributed by atoms with E-state index in [0.29, 0.717) is 17.5 Å². The Morgan fingerprint density at radius 1 is 1.57 bits per heavy atom. The molecule has 0 saturated heterocycles. The molecule has 1 atom stereocenters. The van der Waals surface area contributed by atoms with E-state index in [1.54, 1.807) is 18.9 Å². The molecule has 1 unspecified atom stereocenters. The van der Waals surface area contributed by atoms with E-state index in [9.17, 15) is 14.7 Å². The van der Waals surface area contributed by atoms with Gasteiger partial charge in [0.2, 0.25) is 0 Å². The minimum absolute atomic E-state index is 0.00657. The number of rotatable bonds is 5. The fourth-order valence-corrected chi connectivity index (χ4v) is 3.06. The Hall–Kier alpha value is -1.67. The fraction of sp³-hybridized carbons (Fsp3) is 0.615. The molecule has 1 aromatic heterocycles. The molecule has 0 spiro atoms. The molecular formula is C13H19N3O4S. The summed E-state index contributed by atoms with van der Waals surface area (Å²) in [5.74, 6) is -0.721. The zero-order valence-corrected chi connectivity index (χ0v) is 12.8. The van der Waals surface area contributed by atoms with Gasteiger partial charge in [-0.2, -0.15) is 0 Å². The summed E-state index contributed by atoms with van der Waals surface area (Å²) < 4.78 is 0. The van der Waals surface area contributed by atoms with Crippen molar-refractivity contribution in [1.29, 1.82) is 0 Å². The van der Waals surface area contributed by atoms with Crippen LogP contribution in [0, 0.1) is 5.92 Å². The van der Waals surface area contributed by atoms with Gasteiger partial charge in [0.05, 0.1) is 12.1 Å². The van der Waals surface area contributed by atoms with Crippen molar-refractivity contribution in [1.82, 2.24) is 15.2 Å². The zero-order valence-electron chi connectivity index (χ0n) is 11.9. The quantitative estimate of drug-likeness (QED) is 0.760. The van der Waals surface area contributed by atoms with Gasteiger partial charge in [-0.25, -0.2) is 14.6 Å². The van der Waals surface area contributed by atoms with Crippen LogP contribution in [0.2, 0.25) is 0 Å². The zero-order chi connectivity index (χ0) is 15.6. The highest BCUT2D eigenvalue weighted by atomic mass is 32.1. The van der Waals surface area contributed by atoms with Crippen LogP contribution in [-0.4, -0.2) is 51.8 Å². The van der Waals surface area contributed by atoms with Crippen LogP contribution in [0.15, 0.2) is 5.38 Å². The molecule has 1 aliphatic rings. The Morgan fingerprint density at radius 2 is 2.24 bits per heavy atom. The van der Waals surface area contributed by atoms with Gasteiger partial charge in [-0.05, 0) is 25.7 Å². The number of amides is 2. The predicted molar refractivity (Wildman–Crippen MR) is 77.4 cm³/mol. The highest BCUT2D eigenvalue weighted by Gasteiger charge is 2.29. The Kier molecular flexibility index (Phi) is 4.79. The number of aliphatic hydroxyl groups excluding tert-OH is 1. The van der Waals surface area contributed by atoms with E-state index in [1.165, 1.54) is 16.7 Å². The average molecular weight is 313 g/mol. The van der Waals surface area contributed by atoms with E-state index in [-0.39, 0.29) is 23.9 Å². The maximum Gasteiger partial charge on any atom is 0.355 e. The topological polar surface area (TPSA) is 103 Å². The lowest BCUT2D eigenvalue weighted by Gasteiger charge is -2.34. The Morgan fingerprint density at radius 3 is 2.76 bits per heavy atom. The van der Waals surface area contributed by atoms with E-state index in [2.05, 4.69) is 10.3 Å². The summed E-state index contributed by atoms with van der Waals surface area (Å²) in [7, 11) is 1.71. The second kappa shape index (κ2) is 6.40. The normalized spacial score (nSPS) is 22.2. The van der Waals surface area contributed by atoms with Crippen molar-refractivity contribution < 1.29 is 19.8 Å². The van der Waals surface area contributed by atoms with Crippen LogP contribution in [0.4, 0.5) is 4.79 Å². The Labute approximate surface area is 126 Å². The number of hydrogen-bond donors (Lipinski definition) is 3. The van der Waals surface area contributed by atoms with Crippen molar-refractivity contribution in [3.8, 4) is 0 Å². The number of carboxylic acids is 1. The SMILES string of the molecule is CC(NC(=O)N(C)CC1CC(O)C1)c1nc(C(=O)O)cs1. The van der Waals surface area contributed by atoms with Crippen molar-refractivity contribution in [2.45, 2.75) is 31.9 Å². The van der Waals surface area contributed by atoms with Gasteiger partial charge in [0.25, 0.3) is 0 Å². The lowest BCUT2D eigenvalue weighted by molar-refractivity contribution is 0.0323. The predicted octanol–water partition coefficient (Wildman–Crippen LogP) is 1.31. The third kappa shape index (κ3) is 3.92. The molecule has 0 aliphatic heterocycles. The van der Waals surface area contributed by atoms with Crippen molar-refractivity contribution in [2.24, 2.45) is 5.92 Å². The average Bonchev–Trinajstić information content (AvgIpc) is 2.86. The summed E-state index contributed by atoms with van der Waals surface area (Å²) in [6.45, 7) is 2.37. The Bertz CT molecular complexity index is 527. The lowest BCUT2D eigenvalue weighted by Crippen LogP contribution is -2.44. The highest BCUT2D eigenvalue weighted by molar-refractivity contribution is 7.09. The summed E-state index contributed by atoms with van der Waals surface area (Å²) in [4.78, 5) is 28.4. The third-order valence-corrected chi connectivity index (χ3v) is 4.57. The number of nitrogens with one attached hydrogen (secondary N) is 1. The van der Waals surface area contributed by atoms with Crippen LogP contribution < -0.4 is 5.32 Å². The molecule has 7 nitrogen and oxygen atoms in total. The monoisotopic (exact) mass is 313 g/mol. The molecule has 0 aromatic carbocycles. The van der Waals surface area contributed by atoms with E-state index >= 15 is 0 Å². The van der Waals surface area contributed by atoms with Crippen LogP contribution in [0.1, 0.15) is 41.3 Å². The number of hydrogen-bond acceptors (Lipinski definition) is 5. The lowest BCUT2D eigenvalue weighted by atomic mass is 9.82. The molecular weight excluding hydrogens is 294 g/mol. The number of aliphatic hydroxyl groups is 1. The molecule has 8 heteroatoms. The molecule has 116 valence electrons. The van der Waals surface area contributed by atoms with Crippen molar-refractivity contribution in [2.75, 3.05) is 13.6 Å². The number of carboxylic acid groups (broad SMARTS) is 1. The van der Waals surface area contributed by atoms with Crippen LogP contribution in [0.5, 0.6) is 0 Å². The van der Waals surface area contributed by atoms with Gasteiger partial charge >= 0.3 is 12.0 Å². The number of urea groups is 1. The maximum absolute atomic E-state index is 12.0. The van der Waals surface area contributed by atoms with Gasteiger partial charge in [0.1, 0.15) is 5.01 Å². The molecule has 0 radical (unpaired) electrons. The second-order valence-corrected chi connectivity index (χ2v) is 6.31. The maximum atomic E-state index is 12.0. The van der Waals surface area contributed by atoms with Crippen LogP contribution in [0.25, 0.3) is 0 Å². The molecule has 1 aliphatic carbocycles. The van der Waals surface area contributed by atoms with E-state index in [4.69, 9.17) is 5.11 Å². The van der Waals surface area contributed by atoms with Crippen molar-refractivity contribution >= 4 is 23.3 Å². The standard InChI is InChI=1S/C13H19N3O4S/c1-7(11-15-10(6-21-11)12(18)19)14-13(20)16(2)5-8-3-9(17)4-8/h6-9,17H,3-5H2,1-2H3,(H,14,20)(H,18,19). The van der Waals surface area contributed by atoms with Gasteiger partial charge in [-0.1, -0.05) is 0 Å². The second-order valence-electron chi connectivity index (χ2n) is 5.42. The minimum atomic E-state index is -1.07. The van der Waals surface area contributed by atoms with E-state index in [0.717, 1.165) is 12.8 Å². The number of aromatic carboxylic acids is 1. The van der Waals surface area contributed by atoms with Crippen molar-refractivity contribution in [3.05, 3.63) is 16.1 Å². The number of thiazole rings is 1. The largest absolute Gasteiger partial charge is 0.476 e. The number of carbonyl (C=O) groups is 2. The number of carbonyl (C=O) groups excluding carboxylic acids is 1. The van der Waals surface area contributed by atoms with Gasteiger partial charge in [-0.15, -0.1) is 11.3 Å². The molecule has 1 heterocycles. The van der Waals surface area contributed by atoms with Gasteiger partial charge in [-0.3, -0.25) is 0 Å². The van der Waals surface area contributed by atoms with E-state index < -0.39 is 5.97 Å². The first-order valence-electron chi connectivity index (χ1n) is 6.75. The van der Waals surface area contributed by atoms with Gasteiger partial charge in [0.15, 0.2) is 5.69 Å². The highest BCUT2D eigenvalue weighted by Crippen LogP contribution is 2.27. The number of aromatic nitrogens is 1. The first kappa shape index (κ1) is 15.7. The van der Waals surface area contributed by atoms with Crippen LogP contribution in [-0.2, 0) is 0 Å². The van der Waals surface area contributed by atoms with Crippen LogP contribution >= 0.6 is 11.3 Å². The van der Waals surface area contributed by atoms with E-state index in [1.807, 2.05) is 0 Å². The summed E-state index contributed by atoms with van der Waals surface area (Å²) in [5.41, 5.74) is -0.00657. The summed E-state index contributed by atoms with van der Waals surface area (Å²) >= 11 is 1.21. The number of nitrogens with zero attached hydrogens (tertiary/aromatic N) is 2. The molecule has 2 rings (SSSR count). The van der Waals surface area contributed by atoms with Crippen molar-refractivity contribution in [3.63, 3.8) is 0 Å². The molecule has 3 N–H and O–H groups in total. The first-order chi connectivity index (χ1) is 9.86.